The van der Waals surface area contributed by atoms with Crippen molar-refractivity contribution in [3.63, 3.8) is 0 Å². The van der Waals surface area contributed by atoms with Crippen LogP contribution in [0.15, 0.2) is 28.7 Å². The van der Waals surface area contributed by atoms with Gasteiger partial charge in [0.2, 0.25) is 0 Å². The minimum absolute atomic E-state index is 0.00164. The van der Waals surface area contributed by atoms with E-state index in [0.29, 0.717) is 0 Å². The van der Waals surface area contributed by atoms with E-state index in [-0.39, 0.29) is 27.3 Å². The third kappa shape index (κ3) is 3.77. The smallest absolute Gasteiger partial charge is 0.296 e. The summed E-state index contributed by atoms with van der Waals surface area (Å²) in [6.07, 6.45) is 0. The van der Waals surface area contributed by atoms with Gasteiger partial charge in [-0.2, -0.15) is 5.10 Å². The minimum Gasteiger partial charge on any atom is -0.497 e. The van der Waals surface area contributed by atoms with E-state index in [2.05, 4.69) is 26.3 Å². The molecule has 0 aliphatic heterocycles. The number of ether oxygens (including phenoxy) is 1. The van der Waals surface area contributed by atoms with Gasteiger partial charge in [0.15, 0.2) is 11.5 Å². The molecule has 0 bridgehead atoms. The number of nitro groups is 1. The van der Waals surface area contributed by atoms with E-state index >= 15 is 0 Å². The van der Waals surface area contributed by atoms with Crippen LogP contribution in [0.5, 0.6) is 5.75 Å². The first-order chi connectivity index (χ1) is 13.6. The molecule has 11 heteroatoms. The molecular weight excluding hydrogens is 457 g/mol. The van der Waals surface area contributed by atoms with Gasteiger partial charge in [-0.1, -0.05) is 15.9 Å². The highest BCUT2D eigenvalue weighted by Crippen LogP contribution is 2.40. The Morgan fingerprint density at radius 2 is 1.76 bits per heavy atom. The highest BCUT2D eigenvalue weighted by molar-refractivity contribution is 9.10. The first kappa shape index (κ1) is 20.6. The highest BCUT2D eigenvalue weighted by atomic mass is 79.9. The summed E-state index contributed by atoms with van der Waals surface area (Å²) in [5, 5.41) is 18.1. The number of benzene rings is 2. The Bertz CT molecular complexity index is 1110. The number of nitro benzene ring substituents is 1. The fourth-order valence-electron chi connectivity index (χ4n) is 2.95. The van der Waals surface area contributed by atoms with Gasteiger partial charge in [-0.05, 0) is 13.0 Å². The molecule has 1 N–H and O–H groups in total. The van der Waals surface area contributed by atoms with E-state index in [4.69, 9.17) is 4.74 Å². The highest BCUT2D eigenvalue weighted by Gasteiger charge is 2.27. The molecule has 29 heavy (non-hydrogen) atoms. The predicted molar refractivity (Wildman–Crippen MR) is 104 cm³/mol. The molecule has 0 fully saturated rings. The van der Waals surface area contributed by atoms with Gasteiger partial charge in [-0.3, -0.25) is 14.8 Å². The number of methoxy groups -OCH3 is 1. The maximum atomic E-state index is 14.7. The number of aryl methyl sites for hydroxylation is 2. The zero-order valence-corrected chi connectivity index (χ0v) is 17.0. The first-order valence-corrected chi connectivity index (χ1v) is 8.90. The van der Waals surface area contributed by atoms with Gasteiger partial charge in [0, 0.05) is 29.7 Å². The molecule has 0 spiro atoms. The van der Waals surface area contributed by atoms with E-state index in [0.717, 1.165) is 24.3 Å². The van der Waals surface area contributed by atoms with Crippen molar-refractivity contribution in [2.24, 2.45) is 7.05 Å². The van der Waals surface area contributed by atoms with E-state index in [1.165, 1.54) is 25.8 Å². The van der Waals surface area contributed by atoms with E-state index < -0.39 is 39.3 Å². The summed E-state index contributed by atoms with van der Waals surface area (Å²) >= 11 is 3.00. The maximum Gasteiger partial charge on any atom is 0.296 e. The number of halogens is 4. The summed E-state index contributed by atoms with van der Waals surface area (Å²) in [7, 11) is 2.73. The number of aromatic nitrogens is 2. The van der Waals surface area contributed by atoms with Gasteiger partial charge in [0.05, 0.1) is 28.9 Å². The Balaban J connectivity index is 2.23. The summed E-state index contributed by atoms with van der Waals surface area (Å²) in [4.78, 5) is 10.6. The van der Waals surface area contributed by atoms with Crippen LogP contribution in [0.3, 0.4) is 0 Å². The fraction of sp³-hybridized carbons (Fsp3) is 0.167. The van der Waals surface area contributed by atoms with Crippen LogP contribution in [-0.2, 0) is 7.05 Å². The number of anilines is 2. The van der Waals surface area contributed by atoms with Crippen molar-refractivity contribution in [2.75, 3.05) is 12.4 Å². The second-order valence-electron chi connectivity index (χ2n) is 6.06. The third-order valence-corrected chi connectivity index (χ3v) is 4.66. The zero-order valence-electron chi connectivity index (χ0n) is 15.4. The van der Waals surface area contributed by atoms with Crippen LogP contribution >= 0.6 is 15.9 Å². The molecule has 0 atom stereocenters. The largest absolute Gasteiger partial charge is 0.497 e. The van der Waals surface area contributed by atoms with Crippen molar-refractivity contribution in [1.29, 1.82) is 0 Å². The van der Waals surface area contributed by atoms with Gasteiger partial charge in [-0.25, -0.2) is 13.2 Å². The predicted octanol–water partition coefficient (Wildman–Crippen LogP) is 5.24. The van der Waals surface area contributed by atoms with Gasteiger partial charge in [0.1, 0.15) is 23.2 Å². The van der Waals surface area contributed by atoms with Crippen LogP contribution in [0.4, 0.5) is 30.4 Å². The molecule has 0 saturated heterocycles. The lowest BCUT2D eigenvalue weighted by Gasteiger charge is -2.13. The molecule has 0 unspecified atom stereocenters. The Morgan fingerprint density at radius 3 is 2.31 bits per heavy atom. The maximum absolute atomic E-state index is 14.7. The number of nitrogens with one attached hydrogen (secondary N) is 1. The van der Waals surface area contributed by atoms with Crippen molar-refractivity contribution < 1.29 is 22.8 Å². The second kappa shape index (κ2) is 7.74. The van der Waals surface area contributed by atoms with Gasteiger partial charge >= 0.3 is 0 Å². The van der Waals surface area contributed by atoms with E-state index in [9.17, 15) is 23.3 Å². The Labute approximate surface area is 171 Å². The lowest BCUT2D eigenvalue weighted by molar-refractivity contribution is -0.384. The summed E-state index contributed by atoms with van der Waals surface area (Å²) in [6, 6.07) is 4.14. The lowest BCUT2D eigenvalue weighted by Crippen LogP contribution is -2.05. The van der Waals surface area contributed by atoms with E-state index in [1.54, 1.807) is 0 Å². The molecule has 3 rings (SSSR count). The van der Waals surface area contributed by atoms with E-state index in [1.807, 2.05) is 0 Å². The average Bonchev–Trinajstić information content (AvgIpc) is 2.89. The van der Waals surface area contributed by atoms with Gasteiger partial charge in [-0.15, -0.1) is 0 Å². The lowest BCUT2D eigenvalue weighted by atomic mass is 10.0. The molecule has 1 heterocycles. The van der Waals surface area contributed by atoms with Gasteiger partial charge < -0.3 is 10.1 Å². The minimum atomic E-state index is -0.924. The molecule has 7 nitrogen and oxygen atoms in total. The Hall–Kier alpha value is -3.08. The quantitative estimate of drug-likeness (QED) is 0.407. The van der Waals surface area contributed by atoms with Crippen molar-refractivity contribution in [1.82, 2.24) is 9.78 Å². The van der Waals surface area contributed by atoms with Crippen LogP contribution in [-0.4, -0.2) is 21.8 Å². The Morgan fingerprint density at radius 1 is 1.14 bits per heavy atom. The molecule has 0 amide bonds. The summed E-state index contributed by atoms with van der Waals surface area (Å²) in [5.41, 5.74) is -1.20. The molecule has 3 aromatic rings. The monoisotopic (exact) mass is 470 g/mol. The topological polar surface area (TPSA) is 82.2 Å². The van der Waals surface area contributed by atoms with Crippen LogP contribution in [0.1, 0.15) is 5.69 Å². The molecule has 2 aromatic carbocycles. The number of hydrogen-bond donors (Lipinski definition) is 1. The molecule has 1 aromatic heterocycles. The molecule has 0 aliphatic rings. The molecular formula is C18H14BrF3N4O3. The molecule has 0 saturated carbocycles. The van der Waals surface area contributed by atoms with Crippen LogP contribution < -0.4 is 10.1 Å². The number of rotatable bonds is 5. The number of nitrogens with zero attached hydrogens (tertiary/aromatic N) is 3. The first-order valence-electron chi connectivity index (χ1n) is 8.11. The number of hydrogen-bond acceptors (Lipinski definition) is 5. The van der Waals surface area contributed by atoms with Crippen LogP contribution in [0.25, 0.3) is 11.1 Å². The summed E-state index contributed by atoms with van der Waals surface area (Å²) in [5.74, 6) is -2.81. The third-order valence-electron chi connectivity index (χ3n) is 4.20. The molecule has 152 valence electrons. The van der Waals surface area contributed by atoms with Crippen molar-refractivity contribution in [3.8, 4) is 16.9 Å². The normalized spacial score (nSPS) is 10.9. The second-order valence-corrected chi connectivity index (χ2v) is 6.98. The SMILES string of the molecule is COc1cc(F)c(-c2c(C)nn(C)c2Nc2c(F)cc(Br)cc2[N+](=O)[O-])c(F)c1. The van der Waals surface area contributed by atoms with Crippen molar-refractivity contribution >= 4 is 33.1 Å². The zero-order chi connectivity index (χ0) is 21.5. The van der Waals surface area contributed by atoms with Crippen LogP contribution in [0, 0.1) is 34.5 Å². The van der Waals surface area contributed by atoms with Crippen molar-refractivity contribution in [2.45, 2.75) is 6.92 Å². The fourth-order valence-corrected chi connectivity index (χ4v) is 3.37. The molecule has 0 aliphatic carbocycles. The standard InChI is InChI=1S/C18H14BrF3N4O3/c1-8-15(16-11(20)6-10(29-3)7-12(16)21)18(25(2)24-8)23-17-13(22)4-9(19)5-14(17)26(27)28/h4-7,23H,1-3H3. The molecule has 0 radical (unpaired) electrons. The Kier molecular flexibility index (Phi) is 5.51. The average molecular weight is 471 g/mol. The van der Waals surface area contributed by atoms with Gasteiger partial charge in [0.25, 0.3) is 5.69 Å². The van der Waals surface area contributed by atoms with Crippen molar-refractivity contribution in [3.05, 3.63) is 62.0 Å². The summed E-state index contributed by atoms with van der Waals surface area (Å²) < 4.78 is 50.1. The van der Waals surface area contributed by atoms with Crippen LogP contribution in [0.2, 0.25) is 0 Å². The summed E-state index contributed by atoms with van der Waals surface area (Å²) in [6.45, 7) is 1.51.